The Morgan fingerprint density at radius 2 is 1.81 bits per heavy atom. The van der Waals surface area contributed by atoms with Gasteiger partial charge in [0.15, 0.2) is 5.65 Å². The fourth-order valence-electron chi connectivity index (χ4n) is 3.77. The van der Waals surface area contributed by atoms with Crippen LogP contribution in [0.25, 0.3) is 22.1 Å². The number of nitrogens with zero attached hydrogens (tertiary/aromatic N) is 4. The van der Waals surface area contributed by atoms with E-state index in [4.69, 9.17) is 4.98 Å². The van der Waals surface area contributed by atoms with E-state index < -0.39 is 0 Å². The SMILES string of the molecule is CCCn1c2ccccc2c2nnc(S[C@@H](CC)C(=O)N[C@H](C)c3ccccc3)nc21. The maximum absolute atomic E-state index is 12.9. The van der Waals surface area contributed by atoms with Crippen LogP contribution in [0.5, 0.6) is 0 Å². The molecule has 31 heavy (non-hydrogen) atoms. The maximum Gasteiger partial charge on any atom is 0.234 e. The van der Waals surface area contributed by atoms with Gasteiger partial charge in [0.1, 0.15) is 5.52 Å². The van der Waals surface area contributed by atoms with Crippen LogP contribution in [0.4, 0.5) is 0 Å². The molecule has 1 amide bonds. The van der Waals surface area contributed by atoms with Gasteiger partial charge in [0.2, 0.25) is 11.1 Å². The molecule has 2 aromatic heterocycles. The number of fused-ring (bicyclic) bond motifs is 3. The number of nitrogens with one attached hydrogen (secondary N) is 1. The first-order valence-corrected chi connectivity index (χ1v) is 11.6. The van der Waals surface area contributed by atoms with E-state index in [1.54, 1.807) is 0 Å². The molecule has 0 radical (unpaired) electrons. The van der Waals surface area contributed by atoms with E-state index in [2.05, 4.69) is 39.1 Å². The Hall–Kier alpha value is -2.93. The van der Waals surface area contributed by atoms with Crippen LogP contribution in [0.15, 0.2) is 59.8 Å². The molecule has 2 heterocycles. The molecule has 0 spiro atoms. The smallest absolute Gasteiger partial charge is 0.234 e. The summed E-state index contributed by atoms with van der Waals surface area (Å²) in [7, 11) is 0. The third-order valence-electron chi connectivity index (χ3n) is 5.37. The number of hydrogen-bond donors (Lipinski definition) is 1. The second-order valence-corrected chi connectivity index (χ2v) is 8.76. The summed E-state index contributed by atoms with van der Waals surface area (Å²) in [4.78, 5) is 17.7. The molecule has 4 aromatic rings. The highest BCUT2D eigenvalue weighted by atomic mass is 32.2. The van der Waals surface area contributed by atoms with E-state index in [0.717, 1.165) is 40.6 Å². The fourth-order valence-corrected chi connectivity index (χ4v) is 4.59. The van der Waals surface area contributed by atoms with Gasteiger partial charge in [-0.1, -0.05) is 74.1 Å². The molecule has 0 saturated carbocycles. The van der Waals surface area contributed by atoms with Crippen LogP contribution >= 0.6 is 11.8 Å². The van der Waals surface area contributed by atoms with Crippen molar-refractivity contribution in [2.45, 2.75) is 56.6 Å². The second kappa shape index (κ2) is 9.47. The van der Waals surface area contributed by atoms with Gasteiger partial charge in [-0.15, -0.1) is 10.2 Å². The summed E-state index contributed by atoms with van der Waals surface area (Å²) in [5.41, 5.74) is 3.83. The number of carbonyl (C=O) groups excluding carboxylic acids is 1. The Morgan fingerprint density at radius 3 is 2.55 bits per heavy atom. The van der Waals surface area contributed by atoms with E-state index >= 15 is 0 Å². The van der Waals surface area contributed by atoms with Crippen molar-refractivity contribution >= 4 is 39.7 Å². The lowest BCUT2D eigenvalue weighted by molar-refractivity contribution is -0.121. The Labute approximate surface area is 186 Å². The number of thioether (sulfide) groups is 1. The first-order chi connectivity index (χ1) is 15.1. The van der Waals surface area contributed by atoms with Crippen molar-refractivity contribution in [2.24, 2.45) is 0 Å². The van der Waals surface area contributed by atoms with Crippen molar-refractivity contribution in [3.05, 3.63) is 60.2 Å². The zero-order valence-corrected chi connectivity index (χ0v) is 18.9. The molecule has 160 valence electrons. The van der Waals surface area contributed by atoms with Crippen LogP contribution in [0.2, 0.25) is 0 Å². The molecule has 0 aliphatic carbocycles. The summed E-state index contributed by atoms with van der Waals surface area (Å²) in [6, 6.07) is 18.1. The molecule has 0 fully saturated rings. The second-order valence-electron chi connectivity index (χ2n) is 7.59. The first-order valence-electron chi connectivity index (χ1n) is 10.8. The van der Waals surface area contributed by atoms with Crippen LogP contribution in [-0.2, 0) is 11.3 Å². The van der Waals surface area contributed by atoms with E-state index in [9.17, 15) is 4.79 Å². The lowest BCUT2D eigenvalue weighted by Gasteiger charge is -2.18. The third-order valence-corrected chi connectivity index (χ3v) is 6.59. The Bertz CT molecular complexity index is 1190. The molecule has 0 bridgehead atoms. The maximum atomic E-state index is 12.9. The van der Waals surface area contributed by atoms with Gasteiger partial charge in [0.25, 0.3) is 0 Å². The highest BCUT2D eigenvalue weighted by Gasteiger charge is 2.23. The number of aryl methyl sites for hydroxylation is 1. The van der Waals surface area contributed by atoms with Gasteiger partial charge in [-0.3, -0.25) is 4.79 Å². The van der Waals surface area contributed by atoms with Gasteiger partial charge in [0.05, 0.1) is 16.8 Å². The molecule has 2 aromatic carbocycles. The zero-order valence-electron chi connectivity index (χ0n) is 18.1. The minimum absolute atomic E-state index is 0.0124. The highest BCUT2D eigenvalue weighted by molar-refractivity contribution is 8.00. The monoisotopic (exact) mass is 433 g/mol. The lowest BCUT2D eigenvalue weighted by atomic mass is 10.1. The molecule has 0 unspecified atom stereocenters. The summed E-state index contributed by atoms with van der Waals surface area (Å²) >= 11 is 1.38. The van der Waals surface area contributed by atoms with Crippen molar-refractivity contribution < 1.29 is 4.79 Å². The lowest BCUT2D eigenvalue weighted by Crippen LogP contribution is -2.34. The van der Waals surface area contributed by atoms with E-state index in [0.29, 0.717) is 11.6 Å². The molecule has 2 atom stereocenters. The Balaban J connectivity index is 1.58. The predicted molar refractivity (Wildman–Crippen MR) is 126 cm³/mol. The molecule has 0 aliphatic rings. The van der Waals surface area contributed by atoms with Gasteiger partial charge in [0, 0.05) is 11.9 Å². The summed E-state index contributed by atoms with van der Waals surface area (Å²) in [5, 5.41) is 13.3. The number of hydrogen-bond acceptors (Lipinski definition) is 5. The quantitative estimate of drug-likeness (QED) is 0.390. The number of aromatic nitrogens is 4. The molecule has 0 saturated heterocycles. The molecule has 1 N–H and O–H groups in total. The number of amides is 1. The number of carbonyl (C=O) groups is 1. The van der Waals surface area contributed by atoms with Crippen molar-refractivity contribution in [2.75, 3.05) is 0 Å². The third kappa shape index (κ3) is 4.42. The van der Waals surface area contributed by atoms with E-state index in [-0.39, 0.29) is 17.2 Å². The summed E-state index contributed by atoms with van der Waals surface area (Å²) in [6.07, 6.45) is 1.68. The topological polar surface area (TPSA) is 72.7 Å². The van der Waals surface area contributed by atoms with Crippen LogP contribution in [0.3, 0.4) is 0 Å². The Kier molecular flexibility index (Phi) is 6.51. The average Bonchev–Trinajstić information content (AvgIpc) is 3.11. The number of para-hydroxylation sites is 1. The van der Waals surface area contributed by atoms with Crippen LogP contribution in [-0.4, -0.2) is 30.9 Å². The van der Waals surface area contributed by atoms with Crippen molar-refractivity contribution in [1.82, 2.24) is 25.1 Å². The molecule has 7 heteroatoms. The normalized spacial score (nSPS) is 13.4. The molecule has 0 aliphatic heterocycles. The zero-order chi connectivity index (χ0) is 21.8. The highest BCUT2D eigenvalue weighted by Crippen LogP contribution is 2.29. The minimum Gasteiger partial charge on any atom is -0.349 e. The van der Waals surface area contributed by atoms with Gasteiger partial charge in [-0.2, -0.15) is 0 Å². The number of benzene rings is 2. The van der Waals surface area contributed by atoms with Crippen molar-refractivity contribution in [3.8, 4) is 0 Å². The standard InChI is InChI=1S/C24H27N5OS/c1-4-15-29-19-14-10-9-13-18(19)21-22(29)26-24(28-27-21)31-20(5-2)23(30)25-16(3)17-11-7-6-8-12-17/h6-14,16,20H,4-5,15H2,1-3H3,(H,25,30)/t16-,20+/m1/s1. The van der Waals surface area contributed by atoms with E-state index in [1.165, 1.54) is 11.8 Å². The van der Waals surface area contributed by atoms with Crippen LogP contribution < -0.4 is 5.32 Å². The predicted octanol–water partition coefficient (Wildman–Crippen LogP) is 5.14. The molecular weight excluding hydrogens is 406 g/mol. The van der Waals surface area contributed by atoms with Gasteiger partial charge in [-0.25, -0.2) is 4.98 Å². The largest absolute Gasteiger partial charge is 0.349 e. The number of rotatable bonds is 8. The summed E-state index contributed by atoms with van der Waals surface area (Å²) in [6.45, 7) is 7.01. The average molecular weight is 434 g/mol. The van der Waals surface area contributed by atoms with Crippen molar-refractivity contribution in [3.63, 3.8) is 0 Å². The Morgan fingerprint density at radius 1 is 1.06 bits per heavy atom. The summed E-state index contributed by atoms with van der Waals surface area (Å²) in [5.74, 6) is -0.0124. The first kappa shape index (κ1) is 21.3. The van der Waals surface area contributed by atoms with E-state index in [1.807, 2.05) is 56.3 Å². The van der Waals surface area contributed by atoms with Gasteiger partial charge in [-0.05, 0) is 31.4 Å². The minimum atomic E-state index is -0.283. The van der Waals surface area contributed by atoms with Crippen LogP contribution in [0, 0.1) is 0 Å². The van der Waals surface area contributed by atoms with Gasteiger partial charge >= 0.3 is 0 Å². The summed E-state index contributed by atoms with van der Waals surface area (Å²) < 4.78 is 2.20. The molecule has 6 nitrogen and oxygen atoms in total. The fraction of sp³-hybridized carbons (Fsp3) is 0.333. The van der Waals surface area contributed by atoms with Crippen LogP contribution in [0.1, 0.15) is 45.2 Å². The molecule has 4 rings (SSSR count). The van der Waals surface area contributed by atoms with Gasteiger partial charge < -0.3 is 9.88 Å². The molecular formula is C24H27N5OS. The van der Waals surface area contributed by atoms with Crippen molar-refractivity contribution in [1.29, 1.82) is 0 Å².